The molecular formula is C21H34ClN5O6. The monoisotopic (exact) mass is 487 g/mol. The lowest BCUT2D eigenvalue weighted by Crippen LogP contribution is -2.69. The zero-order valence-corrected chi connectivity index (χ0v) is 19.8. The normalized spacial score (nSPS) is 20.7. The van der Waals surface area contributed by atoms with Crippen LogP contribution in [0.3, 0.4) is 0 Å². The minimum absolute atomic E-state index is 0.0793. The second-order valence-electron chi connectivity index (χ2n) is 8.25. The van der Waals surface area contributed by atoms with Crippen molar-refractivity contribution in [2.75, 3.05) is 72.9 Å². The number of nitro benzene ring substituents is 1. The molecule has 0 radical (unpaired) electrons. The molecule has 2 saturated heterocycles. The van der Waals surface area contributed by atoms with E-state index in [9.17, 15) is 10.1 Å². The first kappa shape index (κ1) is 25.9. The number of hydrogen-bond acceptors (Lipinski definition) is 10. The van der Waals surface area contributed by atoms with Gasteiger partial charge >= 0.3 is 5.69 Å². The van der Waals surface area contributed by atoms with E-state index in [1.165, 1.54) is 19.2 Å². The first-order valence-electron chi connectivity index (χ1n) is 11.2. The smallest absolute Gasteiger partial charge is 0.312 e. The second kappa shape index (κ2) is 12.1. The maximum Gasteiger partial charge on any atom is 0.312 e. The average molecular weight is 488 g/mol. The Morgan fingerprint density at radius 3 is 2.42 bits per heavy atom. The predicted molar refractivity (Wildman–Crippen MR) is 124 cm³/mol. The number of ether oxygens (including phenoxy) is 4. The van der Waals surface area contributed by atoms with E-state index < -0.39 is 10.6 Å². The van der Waals surface area contributed by atoms with Crippen LogP contribution < -0.4 is 20.9 Å². The summed E-state index contributed by atoms with van der Waals surface area (Å²) >= 11 is 6.19. The molecule has 0 bridgehead atoms. The van der Waals surface area contributed by atoms with Crippen LogP contribution in [0.5, 0.6) is 11.5 Å². The maximum atomic E-state index is 11.2. The first-order valence-corrected chi connectivity index (χ1v) is 11.5. The minimum atomic E-state index is -0.720. The van der Waals surface area contributed by atoms with Crippen molar-refractivity contribution in [2.24, 2.45) is 11.5 Å². The zero-order chi connectivity index (χ0) is 23.8. The standard InChI is InChI=1S/C21H34ClN5O6/c1-30-19-15-18(16(22)14-17(19)27(28)29)33-9-2-20(23)21(24,26-7-12-32-13-8-26)3-4-25-5-10-31-11-6-25/h14-15,20H,2-13,23-24H2,1H3. The summed E-state index contributed by atoms with van der Waals surface area (Å²) in [4.78, 5) is 15.2. The van der Waals surface area contributed by atoms with E-state index in [0.717, 1.165) is 45.9 Å². The fraction of sp³-hybridized carbons (Fsp3) is 0.714. The van der Waals surface area contributed by atoms with Gasteiger partial charge in [-0.05, 0) is 12.8 Å². The highest BCUT2D eigenvalue weighted by atomic mass is 35.5. The number of benzene rings is 1. The molecule has 2 heterocycles. The lowest BCUT2D eigenvalue weighted by Gasteiger charge is -2.47. The van der Waals surface area contributed by atoms with Crippen LogP contribution in [-0.4, -0.2) is 99.3 Å². The Morgan fingerprint density at radius 1 is 1.18 bits per heavy atom. The highest BCUT2D eigenvalue weighted by molar-refractivity contribution is 6.32. The predicted octanol–water partition coefficient (Wildman–Crippen LogP) is 1.06. The van der Waals surface area contributed by atoms with Crippen molar-refractivity contribution in [2.45, 2.75) is 24.5 Å². The summed E-state index contributed by atoms with van der Waals surface area (Å²) in [5, 5.41) is 11.3. The molecular weight excluding hydrogens is 454 g/mol. The summed E-state index contributed by atoms with van der Waals surface area (Å²) in [5.41, 5.74) is 12.7. The van der Waals surface area contributed by atoms with Crippen LogP contribution in [0.1, 0.15) is 12.8 Å². The maximum absolute atomic E-state index is 11.2. The number of nitro groups is 1. The molecule has 2 aliphatic heterocycles. The van der Waals surface area contributed by atoms with Crippen LogP contribution in [0.15, 0.2) is 12.1 Å². The molecule has 0 amide bonds. The zero-order valence-electron chi connectivity index (χ0n) is 19.0. The molecule has 1 aromatic carbocycles. The van der Waals surface area contributed by atoms with Crippen molar-refractivity contribution < 1.29 is 23.9 Å². The van der Waals surface area contributed by atoms with Gasteiger partial charge in [0.2, 0.25) is 5.75 Å². The molecule has 186 valence electrons. The highest BCUT2D eigenvalue weighted by Crippen LogP contribution is 2.37. The number of hydrogen-bond donors (Lipinski definition) is 2. The van der Waals surface area contributed by atoms with E-state index in [-0.39, 0.29) is 29.1 Å². The van der Waals surface area contributed by atoms with Gasteiger partial charge in [0.1, 0.15) is 5.75 Å². The number of nitrogens with zero attached hydrogens (tertiary/aromatic N) is 3. The topological polar surface area (TPSA) is 139 Å². The molecule has 0 aliphatic carbocycles. The third-order valence-corrected chi connectivity index (χ3v) is 6.59. The van der Waals surface area contributed by atoms with Crippen molar-refractivity contribution >= 4 is 17.3 Å². The molecule has 0 aromatic heterocycles. The molecule has 2 aliphatic rings. The van der Waals surface area contributed by atoms with E-state index in [1.807, 2.05) is 0 Å². The Morgan fingerprint density at radius 2 is 1.82 bits per heavy atom. The van der Waals surface area contributed by atoms with Crippen molar-refractivity contribution in [3.8, 4) is 11.5 Å². The lowest BCUT2D eigenvalue weighted by molar-refractivity contribution is -0.385. The molecule has 33 heavy (non-hydrogen) atoms. The molecule has 2 atom stereocenters. The van der Waals surface area contributed by atoms with E-state index in [4.69, 9.17) is 42.0 Å². The number of nitrogens with two attached hydrogens (primary N) is 2. The Kier molecular flexibility index (Phi) is 9.50. The van der Waals surface area contributed by atoms with Crippen LogP contribution in [0.2, 0.25) is 5.02 Å². The molecule has 0 spiro atoms. The molecule has 1 aromatic rings. The van der Waals surface area contributed by atoms with Gasteiger partial charge in [-0.25, -0.2) is 0 Å². The van der Waals surface area contributed by atoms with Crippen LogP contribution in [0.25, 0.3) is 0 Å². The SMILES string of the molecule is COc1cc(OCCC(N)C(N)(CCN2CCOCC2)N2CCOCC2)c(Cl)cc1[N+](=O)[O-]. The van der Waals surface area contributed by atoms with E-state index >= 15 is 0 Å². The van der Waals surface area contributed by atoms with Gasteiger partial charge in [-0.1, -0.05) is 11.6 Å². The third kappa shape index (κ3) is 6.66. The Labute approximate surface area is 199 Å². The van der Waals surface area contributed by atoms with E-state index in [0.29, 0.717) is 31.8 Å². The Balaban J connectivity index is 1.64. The summed E-state index contributed by atoms with van der Waals surface area (Å²) in [7, 11) is 1.36. The van der Waals surface area contributed by atoms with E-state index in [1.54, 1.807) is 0 Å². The third-order valence-electron chi connectivity index (χ3n) is 6.29. The number of methoxy groups -OCH3 is 1. The number of halogens is 1. The quantitative estimate of drug-likeness (QED) is 0.344. The van der Waals surface area contributed by atoms with Gasteiger partial charge in [0.25, 0.3) is 0 Å². The molecule has 0 saturated carbocycles. The van der Waals surface area contributed by atoms with E-state index in [2.05, 4.69) is 9.80 Å². The van der Waals surface area contributed by atoms with Crippen LogP contribution in [0.4, 0.5) is 5.69 Å². The minimum Gasteiger partial charge on any atom is -0.492 e. The van der Waals surface area contributed by atoms with Gasteiger partial charge in [0.05, 0.1) is 55.8 Å². The summed E-state index contributed by atoms with van der Waals surface area (Å²) in [6.45, 7) is 7.01. The number of morpholine rings is 2. The lowest BCUT2D eigenvalue weighted by atomic mass is 9.92. The summed E-state index contributed by atoms with van der Waals surface area (Å²) in [6, 6.07) is 2.27. The molecule has 2 fully saturated rings. The largest absolute Gasteiger partial charge is 0.492 e. The van der Waals surface area contributed by atoms with Crippen molar-refractivity contribution in [3.05, 3.63) is 27.3 Å². The van der Waals surface area contributed by atoms with Gasteiger partial charge in [0.15, 0.2) is 0 Å². The number of rotatable bonds is 11. The summed E-state index contributed by atoms with van der Waals surface area (Å²) < 4.78 is 21.9. The van der Waals surface area contributed by atoms with Crippen LogP contribution in [-0.2, 0) is 9.47 Å². The van der Waals surface area contributed by atoms with Crippen molar-refractivity contribution in [3.63, 3.8) is 0 Å². The van der Waals surface area contributed by atoms with Gasteiger partial charge in [-0.3, -0.25) is 19.9 Å². The van der Waals surface area contributed by atoms with Crippen LogP contribution >= 0.6 is 11.6 Å². The fourth-order valence-electron chi connectivity index (χ4n) is 4.21. The Hall–Kier alpha value is -1.73. The summed E-state index contributed by atoms with van der Waals surface area (Å²) in [5.74, 6) is 0.379. The van der Waals surface area contributed by atoms with Gasteiger partial charge < -0.3 is 30.4 Å². The van der Waals surface area contributed by atoms with Gasteiger partial charge in [0, 0.05) is 50.9 Å². The van der Waals surface area contributed by atoms with Gasteiger partial charge in [-0.2, -0.15) is 0 Å². The van der Waals surface area contributed by atoms with Crippen molar-refractivity contribution in [1.82, 2.24) is 9.80 Å². The molecule has 2 unspecified atom stereocenters. The molecule has 4 N–H and O–H groups in total. The Bertz CT molecular complexity index is 791. The molecule has 3 rings (SSSR count). The second-order valence-corrected chi connectivity index (χ2v) is 8.66. The van der Waals surface area contributed by atoms with Crippen LogP contribution in [0, 0.1) is 10.1 Å². The average Bonchev–Trinajstić information content (AvgIpc) is 2.84. The highest BCUT2D eigenvalue weighted by Gasteiger charge is 2.39. The molecule has 12 heteroatoms. The van der Waals surface area contributed by atoms with Gasteiger partial charge in [-0.15, -0.1) is 0 Å². The fourth-order valence-corrected chi connectivity index (χ4v) is 4.42. The molecule has 11 nitrogen and oxygen atoms in total. The van der Waals surface area contributed by atoms with Crippen molar-refractivity contribution in [1.29, 1.82) is 0 Å². The summed E-state index contributed by atoms with van der Waals surface area (Å²) in [6.07, 6.45) is 1.19. The first-order chi connectivity index (χ1) is 15.8.